The molecular formula is C43H53N3O12S. The van der Waals surface area contributed by atoms with E-state index in [9.17, 15) is 24.3 Å². The van der Waals surface area contributed by atoms with Crippen LogP contribution in [0.3, 0.4) is 0 Å². The summed E-state index contributed by atoms with van der Waals surface area (Å²) in [6.45, 7) is 6.22. The zero-order chi connectivity index (χ0) is 42.5. The van der Waals surface area contributed by atoms with Crippen molar-refractivity contribution in [1.82, 2.24) is 15.2 Å². The van der Waals surface area contributed by atoms with E-state index in [1.807, 2.05) is 66.7 Å². The number of esters is 4. The Kier molecular flexibility index (Phi) is 16.8. The Labute approximate surface area is 349 Å². The zero-order valence-corrected chi connectivity index (χ0v) is 34.8. The number of rotatable bonds is 17. The van der Waals surface area contributed by atoms with Crippen LogP contribution in [0, 0.1) is 0 Å². The number of carbonyl (C=O) groups excluding carboxylic acids is 4. The molecule has 0 saturated carbocycles. The normalized spacial score (nSPS) is 24.1. The lowest BCUT2D eigenvalue weighted by molar-refractivity contribution is -0.252. The van der Waals surface area contributed by atoms with E-state index in [1.165, 1.54) is 27.7 Å². The fraction of sp³-hybridized carbons (Fsp3) is 0.488. The topological polar surface area (TPSA) is 181 Å². The monoisotopic (exact) mass is 835 g/mol. The molecule has 59 heavy (non-hydrogen) atoms. The lowest BCUT2D eigenvalue weighted by atomic mass is 9.92. The number of aliphatic hydroxyl groups is 1. The van der Waals surface area contributed by atoms with Gasteiger partial charge in [0.2, 0.25) is 0 Å². The summed E-state index contributed by atoms with van der Waals surface area (Å²) < 4.78 is 41.1. The van der Waals surface area contributed by atoms with E-state index in [2.05, 4.69) is 22.2 Å². The van der Waals surface area contributed by atoms with Gasteiger partial charge in [-0.05, 0) is 35.9 Å². The lowest BCUT2D eigenvalue weighted by Gasteiger charge is -2.44. The number of carbonyl (C=O) groups is 4. The molecule has 0 radical (unpaired) electrons. The molecule has 8 unspecified atom stereocenters. The molecule has 0 spiro atoms. The molecule has 0 aliphatic carbocycles. The van der Waals surface area contributed by atoms with Gasteiger partial charge in [0.15, 0.2) is 24.6 Å². The highest BCUT2D eigenvalue weighted by atomic mass is 32.1. The summed E-state index contributed by atoms with van der Waals surface area (Å²) in [5, 5.41) is 12.8. The van der Waals surface area contributed by atoms with Crippen LogP contribution in [0.4, 0.5) is 0 Å². The standard InChI is InChI=1S/C43H53N3O12S/c1-26(48)52-25-38-41(54-28(3)50)42(55-29(4)51)40(53-27(2)49)37(57-38)21-39(59)45-22-30-9-15-33(16-10-30)43-56-35(23-46(5)19-17-34-8-6-7-18-44-34)20-36(58-43)32-13-11-31(24-47)12-14-32/h6-16,18,35-38,40-43,47H,17,19-25H2,1-5H3,(H,45,59). The quantitative estimate of drug-likeness (QED) is 0.112. The van der Waals surface area contributed by atoms with Gasteiger partial charge in [-0.3, -0.25) is 24.2 Å². The van der Waals surface area contributed by atoms with Crippen molar-refractivity contribution >= 4 is 41.1 Å². The van der Waals surface area contributed by atoms with Gasteiger partial charge in [0.25, 0.3) is 0 Å². The van der Waals surface area contributed by atoms with Crippen molar-refractivity contribution in [3.05, 3.63) is 101 Å². The second-order valence-electron chi connectivity index (χ2n) is 14.6. The Hall–Kier alpha value is -4.84. The van der Waals surface area contributed by atoms with Crippen molar-refractivity contribution in [1.29, 1.82) is 0 Å². The van der Waals surface area contributed by atoms with Crippen LogP contribution in [-0.2, 0) is 71.9 Å². The fourth-order valence-corrected chi connectivity index (χ4v) is 7.29. The molecule has 2 aliphatic rings. The van der Waals surface area contributed by atoms with Gasteiger partial charge in [-0.15, -0.1) is 0 Å². The first-order valence-electron chi connectivity index (χ1n) is 19.5. The molecule has 2 saturated heterocycles. The first kappa shape index (κ1) is 45.2. The Morgan fingerprint density at radius 2 is 1.42 bits per heavy atom. The Morgan fingerprint density at radius 3 is 2.03 bits per heavy atom. The van der Waals surface area contributed by atoms with Crippen LogP contribution >= 0.6 is 12.2 Å². The summed E-state index contributed by atoms with van der Waals surface area (Å²) in [7, 11) is 2.07. The number of nitrogens with zero attached hydrogens (tertiary/aromatic N) is 2. The maximum Gasteiger partial charge on any atom is 0.303 e. The molecule has 3 heterocycles. The maximum atomic E-state index is 12.2. The van der Waals surface area contributed by atoms with Gasteiger partial charge in [-0.2, -0.15) is 0 Å². The Bertz CT molecular complexity index is 1870. The second-order valence-corrected chi connectivity index (χ2v) is 15.1. The van der Waals surface area contributed by atoms with E-state index in [-0.39, 0.29) is 31.8 Å². The molecule has 318 valence electrons. The summed E-state index contributed by atoms with van der Waals surface area (Å²) in [6, 6.07) is 21.5. The molecule has 3 aromatic rings. The molecule has 5 rings (SSSR count). The first-order valence-corrected chi connectivity index (χ1v) is 19.9. The fourth-order valence-electron chi connectivity index (χ4n) is 7.05. The van der Waals surface area contributed by atoms with Crippen LogP contribution in [0.5, 0.6) is 0 Å². The highest BCUT2D eigenvalue weighted by Crippen LogP contribution is 2.38. The third-order valence-corrected chi connectivity index (χ3v) is 10.1. The minimum absolute atomic E-state index is 0.0224. The van der Waals surface area contributed by atoms with Crippen molar-refractivity contribution < 1.29 is 57.4 Å². The second kappa shape index (κ2) is 22.0. The summed E-state index contributed by atoms with van der Waals surface area (Å²) in [4.78, 5) is 55.2. The van der Waals surface area contributed by atoms with Crippen LogP contribution in [0.15, 0.2) is 72.9 Å². The van der Waals surface area contributed by atoms with Crippen molar-refractivity contribution in [2.75, 3.05) is 26.7 Å². The van der Waals surface area contributed by atoms with E-state index in [4.69, 9.17) is 45.4 Å². The van der Waals surface area contributed by atoms with Crippen LogP contribution in [0.1, 0.15) is 80.9 Å². The van der Waals surface area contributed by atoms with Gasteiger partial charge < -0.3 is 48.5 Å². The Balaban J connectivity index is 1.25. The first-order chi connectivity index (χ1) is 28.3. The van der Waals surface area contributed by atoms with Gasteiger partial charge in [-0.1, -0.05) is 66.8 Å². The third kappa shape index (κ3) is 13.9. The number of thiocarbonyl (C=S) groups is 1. The summed E-state index contributed by atoms with van der Waals surface area (Å²) in [5.41, 5.74) is 4.59. The van der Waals surface area contributed by atoms with E-state index < -0.39 is 60.7 Å². The Morgan fingerprint density at radius 1 is 0.797 bits per heavy atom. The summed E-state index contributed by atoms with van der Waals surface area (Å²) in [5.74, 6) is -2.70. The predicted octanol–water partition coefficient (Wildman–Crippen LogP) is 4.23. The summed E-state index contributed by atoms with van der Waals surface area (Å²) in [6.07, 6.45) is -3.44. The molecular weight excluding hydrogens is 783 g/mol. The third-order valence-electron chi connectivity index (χ3n) is 9.82. The lowest BCUT2D eigenvalue weighted by Crippen LogP contribution is -2.62. The van der Waals surface area contributed by atoms with Crippen LogP contribution in [0.25, 0.3) is 0 Å². The van der Waals surface area contributed by atoms with Gasteiger partial charge in [-0.25, -0.2) is 0 Å². The molecule has 2 N–H and O–H groups in total. The average Bonchev–Trinajstić information content (AvgIpc) is 3.20. The number of aromatic nitrogens is 1. The van der Waals surface area contributed by atoms with E-state index in [0.29, 0.717) is 24.5 Å². The predicted molar refractivity (Wildman–Crippen MR) is 216 cm³/mol. The van der Waals surface area contributed by atoms with Crippen molar-refractivity contribution in [2.45, 2.75) is 109 Å². The average molecular weight is 836 g/mol. The molecule has 15 nitrogen and oxygen atoms in total. The highest BCUT2D eigenvalue weighted by Gasteiger charge is 2.52. The SMILES string of the molecule is CC(=O)OCC1OC(CC(=S)NCc2ccc(C3OC(CN(C)CCc4ccccn4)CC(c4ccc(CO)cc4)O3)cc2)C(OC(C)=O)C(OC(C)=O)C1OC(C)=O. The minimum atomic E-state index is -1.27. The number of hydrogen-bond donors (Lipinski definition) is 2. The minimum Gasteiger partial charge on any atom is -0.463 e. The van der Waals surface area contributed by atoms with Gasteiger partial charge >= 0.3 is 23.9 Å². The number of hydrogen-bond acceptors (Lipinski definition) is 15. The molecule has 2 aliphatic heterocycles. The molecule has 16 heteroatoms. The van der Waals surface area contributed by atoms with Crippen LogP contribution < -0.4 is 5.32 Å². The van der Waals surface area contributed by atoms with Crippen molar-refractivity contribution in [2.24, 2.45) is 0 Å². The molecule has 1 aromatic heterocycles. The largest absolute Gasteiger partial charge is 0.463 e. The van der Waals surface area contributed by atoms with Gasteiger partial charge in [0.05, 0.1) is 23.8 Å². The van der Waals surface area contributed by atoms with Crippen LogP contribution in [-0.4, -0.2) is 107 Å². The molecule has 0 amide bonds. The van der Waals surface area contributed by atoms with Crippen molar-refractivity contribution in [3.63, 3.8) is 0 Å². The highest BCUT2D eigenvalue weighted by molar-refractivity contribution is 7.80. The van der Waals surface area contributed by atoms with Gasteiger partial charge in [0.1, 0.15) is 18.8 Å². The molecule has 8 atom stereocenters. The molecule has 2 aromatic carbocycles. The van der Waals surface area contributed by atoms with E-state index in [0.717, 1.165) is 40.9 Å². The number of pyridine rings is 1. The van der Waals surface area contributed by atoms with Gasteiger partial charge in [0, 0.05) is 84.0 Å². The number of likely N-dealkylation sites (N-methyl/N-ethyl adjacent to an activating group) is 1. The zero-order valence-electron chi connectivity index (χ0n) is 33.9. The summed E-state index contributed by atoms with van der Waals surface area (Å²) >= 11 is 5.70. The number of ether oxygens (including phenoxy) is 7. The molecule has 2 fully saturated rings. The van der Waals surface area contributed by atoms with E-state index in [1.54, 1.807) is 6.20 Å². The number of nitrogens with one attached hydrogen (secondary N) is 1. The number of benzene rings is 2. The van der Waals surface area contributed by atoms with Crippen LogP contribution in [0.2, 0.25) is 0 Å². The smallest absolute Gasteiger partial charge is 0.303 e. The van der Waals surface area contributed by atoms with E-state index >= 15 is 0 Å². The number of aliphatic hydroxyl groups excluding tert-OH is 1. The van der Waals surface area contributed by atoms with Crippen molar-refractivity contribution in [3.8, 4) is 0 Å². The molecule has 0 bridgehead atoms. The maximum absolute atomic E-state index is 12.2.